The molecule has 27 heavy (non-hydrogen) atoms. The van der Waals surface area contributed by atoms with Gasteiger partial charge in [0.25, 0.3) is 0 Å². The monoisotopic (exact) mass is 406 g/mol. The van der Waals surface area contributed by atoms with Gasteiger partial charge in [-0.15, -0.1) is 0 Å². The van der Waals surface area contributed by atoms with Gasteiger partial charge in [0.2, 0.25) is 5.91 Å². The van der Waals surface area contributed by atoms with Crippen LogP contribution in [0.3, 0.4) is 0 Å². The quantitative estimate of drug-likeness (QED) is 0.814. The lowest BCUT2D eigenvalue weighted by Crippen LogP contribution is -2.43. The molecule has 1 aliphatic rings. The smallest absolute Gasteiger partial charge is 0.354 e. The number of hydrogen-bond donors (Lipinski definition) is 1. The molecule has 0 aliphatic carbocycles. The first-order chi connectivity index (χ1) is 12.6. The Hall–Kier alpha value is -1.54. The first-order valence-electron chi connectivity index (χ1n) is 9.07. The number of hydrogen-bond acceptors (Lipinski definition) is 4. The van der Waals surface area contributed by atoms with Crippen LogP contribution in [0.1, 0.15) is 32.8 Å². The molecule has 1 aliphatic heterocycles. The molecular formula is C18H26ClF3N4O. The molecule has 1 atom stereocenters. The topological polar surface area (TPSA) is 48.5 Å². The minimum Gasteiger partial charge on any atom is -0.354 e. The van der Waals surface area contributed by atoms with Gasteiger partial charge in [-0.2, -0.15) is 13.2 Å². The second kappa shape index (κ2) is 9.10. The van der Waals surface area contributed by atoms with Crippen LogP contribution in [0.2, 0.25) is 5.02 Å². The van der Waals surface area contributed by atoms with E-state index in [0.717, 1.165) is 25.2 Å². The number of alkyl halides is 3. The Morgan fingerprint density at radius 2 is 1.96 bits per heavy atom. The Morgan fingerprint density at radius 1 is 1.26 bits per heavy atom. The lowest BCUT2D eigenvalue weighted by atomic mass is 10.1. The van der Waals surface area contributed by atoms with E-state index < -0.39 is 11.7 Å². The van der Waals surface area contributed by atoms with Crippen molar-refractivity contribution in [2.45, 2.75) is 39.4 Å². The van der Waals surface area contributed by atoms with Gasteiger partial charge in [-0.3, -0.25) is 9.69 Å². The summed E-state index contributed by atoms with van der Waals surface area (Å²) in [5.41, 5.74) is -0.858. The molecule has 0 saturated carbocycles. The number of amides is 1. The third kappa shape index (κ3) is 6.24. The van der Waals surface area contributed by atoms with Crippen LogP contribution in [0.25, 0.3) is 0 Å². The molecule has 1 amide bonds. The number of carbonyl (C=O) groups is 1. The van der Waals surface area contributed by atoms with Crippen LogP contribution in [-0.4, -0.2) is 54.6 Å². The van der Waals surface area contributed by atoms with Gasteiger partial charge >= 0.3 is 6.18 Å². The minimum atomic E-state index is -4.47. The number of aromatic nitrogens is 1. The Balaban J connectivity index is 1.96. The standard InChI is InChI=1S/C18H26ClF3N4O/c1-12(2)13(3)24-16(27)11-25-5-4-6-26(8-7-25)17-15(19)9-14(10-23-17)18(20,21)22/h9-10,12-13H,4-8,11H2,1-3H3,(H,24,27). The molecule has 5 nitrogen and oxygen atoms in total. The number of nitrogens with one attached hydrogen (secondary N) is 1. The first-order valence-corrected chi connectivity index (χ1v) is 9.45. The van der Waals surface area contributed by atoms with Crippen molar-refractivity contribution in [3.8, 4) is 0 Å². The second-order valence-corrected chi connectivity index (χ2v) is 7.65. The van der Waals surface area contributed by atoms with Crippen molar-refractivity contribution in [1.82, 2.24) is 15.2 Å². The zero-order chi connectivity index (χ0) is 20.2. The van der Waals surface area contributed by atoms with Crippen LogP contribution >= 0.6 is 11.6 Å². The van der Waals surface area contributed by atoms with E-state index in [4.69, 9.17) is 11.6 Å². The first kappa shape index (κ1) is 21.8. The molecule has 2 heterocycles. The summed E-state index contributed by atoms with van der Waals surface area (Å²) in [6, 6.07) is 1.02. The fourth-order valence-electron chi connectivity index (χ4n) is 2.83. The van der Waals surface area contributed by atoms with E-state index in [-0.39, 0.29) is 17.0 Å². The van der Waals surface area contributed by atoms with Crippen LogP contribution in [0.15, 0.2) is 12.3 Å². The average Bonchev–Trinajstić information content (AvgIpc) is 2.79. The Kier molecular flexibility index (Phi) is 7.33. The predicted molar refractivity (Wildman–Crippen MR) is 100.0 cm³/mol. The van der Waals surface area contributed by atoms with Crippen LogP contribution < -0.4 is 10.2 Å². The highest BCUT2D eigenvalue weighted by Crippen LogP contribution is 2.33. The van der Waals surface area contributed by atoms with E-state index in [0.29, 0.717) is 37.9 Å². The number of pyridine rings is 1. The fraction of sp³-hybridized carbons (Fsp3) is 0.667. The van der Waals surface area contributed by atoms with Gasteiger partial charge in [-0.1, -0.05) is 25.4 Å². The van der Waals surface area contributed by atoms with E-state index in [1.54, 1.807) is 0 Å². The molecule has 1 aromatic heterocycles. The van der Waals surface area contributed by atoms with Gasteiger partial charge in [-0.05, 0) is 25.3 Å². The van der Waals surface area contributed by atoms with Crippen molar-refractivity contribution in [2.24, 2.45) is 5.92 Å². The van der Waals surface area contributed by atoms with Crippen LogP contribution in [-0.2, 0) is 11.0 Å². The molecule has 1 N–H and O–H groups in total. The molecule has 1 unspecified atom stereocenters. The van der Waals surface area contributed by atoms with Crippen LogP contribution in [0.5, 0.6) is 0 Å². The second-order valence-electron chi connectivity index (χ2n) is 7.24. The van der Waals surface area contributed by atoms with Crippen molar-refractivity contribution in [3.05, 3.63) is 22.8 Å². The molecule has 152 valence electrons. The van der Waals surface area contributed by atoms with Crippen molar-refractivity contribution in [2.75, 3.05) is 37.6 Å². The predicted octanol–water partition coefficient (Wildman–Crippen LogP) is 3.43. The van der Waals surface area contributed by atoms with Gasteiger partial charge in [0.15, 0.2) is 0 Å². The van der Waals surface area contributed by atoms with Gasteiger partial charge in [0.05, 0.1) is 17.1 Å². The number of nitrogens with zero attached hydrogens (tertiary/aromatic N) is 3. The number of anilines is 1. The maximum atomic E-state index is 12.8. The maximum absolute atomic E-state index is 12.8. The number of rotatable bonds is 5. The third-order valence-corrected chi connectivity index (χ3v) is 5.07. The summed E-state index contributed by atoms with van der Waals surface area (Å²) in [6.45, 7) is 8.90. The SMILES string of the molecule is CC(C)C(C)NC(=O)CN1CCCN(c2ncc(C(F)(F)F)cc2Cl)CC1. The molecular weight excluding hydrogens is 381 g/mol. The molecule has 0 bridgehead atoms. The summed E-state index contributed by atoms with van der Waals surface area (Å²) < 4.78 is 38.3. The average molecular weight is 407 g/mol. The Labute approximate surface area is 162 Å². The molecule has 1 saturated heterocycles. The van der Waals surface area contributed by atoms with E-state index in [9.17, 15) is 18.0 Å². The van der Waals surface area contributed by atoms with E-state index >= 15 is 0 Å². The van der Waals surface area contributed by atoms with E-state index in [1.165, 1.54) is 0 Å². The number of carbonyl (C=O) groups excluding carboxylic acids is 1. The third-order valence-electron chi connectivity index (χ3n) is 4.79. The molecule has 9 heteroatoms. The summed E-state index contributed by atoms with van der Waals surface area (Å²) in [5.74, 6) is 0.696. The van der Waals surface area contributed by atoms with Crippen molar-refractivity contribution in [3.63, 3.8) is 0 Å². The fourth-order valence-corrected chi connectivity index (χ4v) is 3.11. The molecule has 1 aromatic rings. The van der Waals surface area contributed by atoms with Gasteiger partial charge in [0.1, 0.15) is 5.82 Å². The normalized spacial score (nSPS) is 17.7. The molecule has 0 radical (unpaired) electrons. The summed E-state index contributed by atoms with van der Waals surface area (Å²) in [4.78, 5) is 20.0. The molecule has 0 aromatic carbocycles. The Bertz CT molecular complexity index is 654. The van der Waals surface area contributed by atoms with Crippen molar-refractivity contribution >= 4 is 23.3 Å². The van der Waals surface area contributed by atoms with E-state index in [2.05, 4.69) is 24.1 Å². The zero-order valence-electron chi connectivity index (χ0n) is 15.8. The zero-order valence-corrected chi connectivity index (χ0v) is 16.6. The van der Waals surface area contributed by atoms with Gasteiger partial charge in [0, 0.05) is 38.4 Å². The largest absolute Gasteiger partial charge is 0.417 e. The minimum absolute atomic E-state index is 0.0122. The van der Waals surface area contributed by atoms with Crippen molar-refractivity contribution < 1.29 is 18.0 Å². The highest BCUT2D eigenvalue weighted by atomic mass is 35.5. The maximum Gasteiger partial charge on any atom is 0.417 e. The summed E-state index contributed by atoms with van der Waals surface area (Å²) in [6.07, 6.45) is -2.89. The summed E-state index contributed by atoms with van der Waals surface area (Å²) in [7, 11) is 0. The molecule has 2 rings (SSSR count). The highest BCUT2D eigenvalue weighted by molar-refractivity contribution is 6.33. The lowest BCUT2D eigenvalue weighted by Gasteiger charge is -2.24. The van der Waals surface area contributed by atoms with Crippen molar-refractivity contribution in [1.29, 1.82) is 0 Å². The Morgan fingerprint density at radius 3 is 2.56 bits per heavy atom. The van der Waals surface area contributed by atoms with Crippen LogP contribution in [0, 0.1) is 5.92 Å². The molecule has 0 spiro atoms. The lowest BCUT2D eigenvalue weighted by molar-refractivity contribution is -0.137. The van der Waals surface area contributed by atoms with E-state index in [1.807, 2.05) is 16.7 Å². The number of halogens is 4. The summed E-state index contributed by atoms with van der Waals surface area (Å²) in [5, 5.41) is 2.97. The van der Waals surface area contributed by atoms with Gasteiger partial charge in [-0.25, -0.2) is 4.98 Å². The molecule has 1 fully saturated rings. The van der Waals surface area contributed by atoms with Gasteiger partial charge < -0.3 is 10.2 Å². The van der Waals surface area contributed by atoms with Crippen LogP contribution in [0.4, 0.5) is 19.0 Å². The summed E-state index contributed by atoms with van der Waals surface area (Å²) >= 11 is 6.05. The highest BCUT2D eigenvalue weighted by Gasteiger charge is 2.32.